The van der Waals surface area contributed by atoms with Crippen LogP contribution in [-0.2, 0) is 4.74 Å². The highest BCUT2D eigenvalue weighted by Crippen LogP contribution is 2.27. The molecule has 0 aliphatic carbocycles. The molecule has 1 fully saturated rings. The van der Waals surface area contributed by atoms with Gasteiger partial charge in [0.05, 0.1) is 44.2 Å². The first-order chi connectivity index (χ1) is 9.18. The average Bonchev–Trinajstić information content (AvgIpc) is 2.42. The number of ether oxygens (including phenoxy) is 3. The fourth-order valence-corrected chi connectivity index (χ4v) is 1.95. The second-order valence-electron chi connectivity index (χ2n) is 5.16. The van der Waals surface area contributed by atoms with Gasteiger partial charge >= 0.3 is 0 Å². The van der Waals surface area contributed by atoms with Gasteiger partial charge in [-0.05, 0) is 12.1 Å². The van der Waals surface area contributed by atoms with Gasteiger partial charge in [-0.2, -0.15) is 0 Å². The summed E-state index contributed by atoms with van der Waals surface area (Å²) in [5, 5.41) is 0. The van der Waals surface area contributed by atoms with E-state index in [1.807, 2.05) is 18.2 Å². The molecule has 0 amide bonds. The van der Waals surface area contributed by atoms with Crippen LogP contribution in [-0.4, -0.2) is 36.9 Å². The number of nitrogens with zero attached hydrogens (tertiary/aromatic N) is 2. The third-order valence-electron chi connectivity index (χ3n) is 3.20. The van der Waals surface area contributed by atoms with Crippen LogP contribution >= 0.6 is 0 Å². The Kier molecular flexibility index (Phi) is 2.98. The lowest BCUT2D eigenvalue weighted by atomic mass is 9.90. The normalized spacial score (nSPS) is 16.9. The van der Waals surface area contributed by atoms with Crippen molar-refractivity contribution in [1.82, 2.24) is 9.97 Å². The molecule has 0 atom stereocenters. The molecular weight excluding hydrogens is 244 g/mol. The third-order valence-corrected chi connectivity index (χ3v) is 3.20. The largest absolute Gasteiger partial charge is 0.497 e. The van der Waals surface area contributed by atoms with Crippen molar-refractivity contribution in [3.63, 3.8) is 0 Å². The summed E-state index contributed by atoms with van der Waals surface area (Å²) < 4.78 is 16.1. The van der Waals surface area contributed by atoms with Crippen LogP contribution in [0.25, 0.3) is 11.0 Å². The van der Waals surface area contributed by atoms with Gasteiger partial charge in [-0.25, -0.2) is 9.97 Å². The maximum Gasteiger partial charge on any atom is 0.232 e. The Morgan fingerprint density at radius 1 is 1.32 bits per heavy atom. The van der Waals surface area contributed by atoms with Crippen molar-refractivity contribution in [3.05, 3.63) is 24.4 Å². The molecule has 0 bridgehead atoms. The quantitative estimate of drug-likeness (QED) is 0.842. The van der Waals surface area contributed by atoms with Gasteiger partial charge in [0.1, 0.15) is 5.75 Å². The molecule has 5 nitrogen and oxygen atoms in total. The number of aromatic nitrogens is 2. The van der Waals surface area contributed by atoms with Gasteiger partial charge in [0.25, 0.3) is 0 Å². The number of fused-ring (bicyclic) bond motifs is 1. The smallest absolute Gasteiger partial charge is 0.232 e. The molecule has 1 aromatic heterocycles. The van der Waals surface area contributed by atoms with E-state index in [-0.39, 0.29) is 5.41 Å². The van der Waals surface area contributed by atoms with Crippen LogP contribution in [0, 0.1) is 5.41 Å². The second kappa shape index (κ2) is 4.66. The molecule has 3 rings (SSSR count). The lowest BCUT2D eigenvalue weighted by molar-refractivity contribution is -0.120. The summed E-state index contributed by atoms with van der Waals surface area (Å²) >= 11 is 0. The fourth-order valence-electron chi connectivity index (χ4n) is 1.95. The molecule has 0 spiro atoms. The second-order valence-corrected chi connectivity index (χ2v) is 5.16. The first kappa shape index (κ1) is 12.2. The van der Waals surface area contributed by atoms with Gasteiger partial charge in [0.2, 0.25) is 5.88 Å². The van der Waals surface area contributed by atoms with E-state index in [4.69, 9.17) is 14.2 Å². The third kappa shape index (κ3) is 2.46. The Balaban J connectivity index is 1.79. The zero-order valence-corrected chi connectivity index (χ0v) is 11.0. The number of benzene rings is 1. The zero-order valence-electron chi connectivity index (χ0n) is 11.0. The summed E-state index contributed by atoms with van der Waals surface area (Å²) in [6, 6.07) is 5.60. The number of hydrogen-bond donors (Lipinski definition) is 0. The predicted molar refractivity (Wildman–Crippen MR) is 70.5 cm³/mol. The molecular formula is C14H16N2O3. The Bertz CT molecular complexity index is 596. The molecule has 0 unspecified atom stereocenters. The summed E-state index contributed by atoms with van der Waals surface area (Å²) in [5.74, 6) is 1.30. The lowest BCUT2D eigenvalue weighted by Gasteiger charge is -2.37. The van der Waals surface area contributed by atoms with Gasteiger partial charge in [-0.15, -0.1) is 0 Å². The van der Waals surface area contributed by atoms with E-state index in [1.165, 1.54) is 0 Å². The minimum Gasteiger partial charge on any atom is -0.497 e. The van der Waals surface area contributed by atoms with Crippen molar-refractivity contribution in [3.8, 4) is 11.6 Å². The van der Waals surface area contributed by atoms with E-state index >= 15 is 0 Å². The van der Waals surface area contributed by atoms with E-state index in [0.29, 0.717) is 12.5 Å². The zero-order chi connectivity index (χ0) is 13.3. The monoisotopic (exact) mass is 260 g/mol. The molecule has 1 aliphatic rings. The fraction of sp³-hybridized carbons (Fsp3) is 0.429. The van der Waals surface area contributed by atoms with Gasteiger partial charge in [0.15, 0.2) is 0 Å². The van der Waals surface area contributed by atoms with E-state index < -0.39 is 0 Å². The van der Waals surface area contributed by atoms with Gasteiger partial charge in [-0.3, -0.25) is 0 Å². The Morgan fingerprint density at radius 3 is 2.84 bits per heavy atom. The predicted octanol–water partition coefficient (Wildman–Crippen LogP) is 2.05. The van der Waals surface area contributed by atoms with Crippen LogP contribution < -0.4 is 9.47 Å². The van der Waals surface area contributed by atoms with E-state index in [1.54, 1.807) is 13.3 Å². The van der Waals surface area contributed by atoms with Crippen molar-refractivity contribution in [2.75, 3.05) is 26.9 Å². The highest BCUT2D eigenvalue weighted by molar-refractivity contribution is 5.76. The van der Waals surface area contributed by atoms with Crippen molar-refractivity contribution >= 4 is 11.0 Å². The first-order valence-electron chi connectivity index (χ1n) is 6.20. The highest BCUT2D eigenvalue weighted by atomic mass is 16.5. The molecule has 2 heterocycles. The van der Waals surface area contributed by atoms with Crippen LogP contribution in [0.2, 0.25) is 0 Å². The molecule has 1 aliphatic heterocycles. The summed E-state index contributed by atoms with van der Waals surface area (Å²) in [6.45, 7) is 4.20. The van der Waals surface area contributed by atoms with Crippen LogP contribution in [0.4, 0.5) is 0 Å². The Morgan fingerprint density at radius 2 is 2.16 bits per heavy atom. The topological polar surface area (TPSA) is 53.5 Å². The van der Waals surface area contributed by atoms with Gasteiger partial charge < -0.3 is 14.2 Å². The van der Waals surface area contributed by atoms with E-state index in [9.17, 15) is 0 Å². The maximum atomic E-state index is 5.70. The molecule has 0 N–H and O–H groups in total. The Hall–Kier alpha value is -1.88. The SMILES string of the molecule is COc1ccc2ncc(OCC3(C)COC3)nc2c1. The molecule has 19 heavy (non-hydrogen) atoms. The van der Waals surface area contributed by atoms with Crippen LogP contribution in [0.5, 0.6) is 11.6 Å². The van der Waals surface area contributed by atoms with Crippen LogP contribution in [0.15, 0.2) is 24.4 Å². The molecule has 1 aromatic carbocycles. The number of rotatable bonds is 4. The summed E-state index contributed by atoms with van der Waals surface area (Å²) in [4.78, 5) is 8.77. The first-order valence-corrected chi connectivity index (χ1v) is 6.20. The maximum absolute atomic E-state index is 5.70. The van der Waals surface area contributed by atoms with Gasteiger partial charge in [-0.1, -0.05) is 6.92 Å². The summed E-state index contributed by atoms with van der Waals surface area (Å²) in [5.41, 5.74) is 1.70. The van der Waals surface area contributed by atoms with Crippen molar-refractivity contribution < 1.29 is 14.2 Å². The van der Waals surface area contributed by atoms with E-state index in [2.05, 4.69) is 16.9 Å². The summed E-state index contributed by atoms with van der Waals surface area (Å²) in [6.07, 6.45) is 1.65. The highest BCUT2D eigenvalue weighted by Gasteiger charge is 2.34. The van der Waals surface area contributed by atoms with Crippen molar-refractivity contribution in [1.29, 1.82) is 0 Å². The minimum atomic E-state index is 0.102. The lowest BCUT2D eigenvalue weighted by Crippen LogP contribution is -2.44. The van der Waals surface area contributed by atoms with Crippen LogP contribution in [0.1, 0.15) is 6.92 Å². The van der Waals surface area contributed by atoms with E-state index in [0.717, 1.165) is 30.0 Å². The molecule has 5 heteroatoms. The summed E-state index contributed by atoms with van der Waals surface area (Å²) in [7, 11) is 1.63. The Labute approximate surface area is 111 Å². The van der Waals surface area contributed by atoms with Crippen molar-refractivity contribution in [2.24, 2.45) is 5.41 Å². The molecule has 100 valence electrons. The number of hydrogen-bond acceptors (Lipinski definition) is 5. The van der Waals surface area contributed by atoms with Crippen molar-refractivity contribution in [2.45, 2.75) is 6.92 Å². The molecule has 0 radical (unpaired) electrons. The minimum absolute atomic E-state index is 0.102. The van der Waals surface area contributed by atoms with Crippen LogP contribution in [0.3, 0.4) is 0 Å². The standard InChI is InChI=1S/C14H16N2O3/c1-14(7-18-8-14)9-19-13-6-15-11-4-3-10(17-2)5-12(11)16-13/h3-6H,7-9H2,1-2H3. The average molecular weight is 260 g/mol. The molecule has 1 saturated heterocycles. The molecule has 0 saturated carbocycles. The molecule has 2 aromatic rings. The number of methoxy groups -OCH3 is 1. The van der Waals surface area contributed by atoms with Gasteiger partial charge in [0, 0.05) is 11.5 Å².